The molecule has 1 aliphatic rings. The number of rotatable bonds is 6. The van der Waals surface area contributed by atoms with Gasteiger partial charge in [-0.2, -0.15) is 0 Å². The van der Waals surface area contributed by atoms with Gasteiger partial charge < -0.3 is 25.5 Å². The van der Waals surface area contributed by atoms with Crippen molar-refractivity contribution in [3.63, 3.8) is 0 Å². The zero-order chi connectivity index (χ0) is 17.1. The number of methoxy groups -OCH3 is 1. The van der Waals surface area contributed by atoms with Gasteiger partial charge in [-0.3, -0.25) is 9.59 Å². The maximum atomic E-state index is 12.4. The molecule has 3 rings (SSSR count). The second-order valence-electron chi connectivity index (χ2n) is 5.62. The van der Waals surface area contributed by atoms with Crippen LogP contribution in [0.2, 0.25) is 0 Å². The molecule has 7 nitrogen and oxygen atoms in total. The molecule has 1 fully saturated rings. The predicted molar refractivity (Wildman–Crippen MR) is 88.0 cm³/mol. The first kappa shape index (κ1) is 16.1. The van der Waals surface area contributed by atoms with Crippen molar-refractivity contribution in [1.82, 2.24) is 5.32 Å². The number of anilines is 1. The lowest BCUT2D eigenvalue weighted by Gasteiger charge is -2.12. The van der Waals surface area contributed by atoms with E-state index in [9.17, 15) is 9.59 Å². The van der Waals surface area contributed by atoms with E-state index in [1.54, 1.807) is 24.3 Å². The zero-order valence-corrected chi connectivity index (χ0v) is 13.3. The smallest absolute Gasteiger partial charge is 0.258 e. The average molecular weight is 329 g/mol. The fraction of sp³-hybridized carbons (Fsp3) is 0.294. The first-order valence-electron chi connectivity index (χ1n) is 7.68. The van der Waals surface area contributed by atoms with E-state index in [2.05, 4.69) is 10.6 Å². The maximum absolute atomic E-state index is 12.4. The molecule has 1 saturated carbocycles. The van der Waals surface area contributed by atoms with E-state index in [1.165, 1.54) is 13.4 Å². The molecule has 2 aromatic rings. The van der Waals surface area contributed by atoms with Crippen molar-refractivity contribution in [1.29, 1.82) is 0 Å². The fourth-order valence-electron chi connectivity index (χ4n) is 2.24. The predicted octanol–water partition coefficient (Wildman–Crippen LogP) is 1.89. The van der Waals surface area contributed by atoms with Crippen LogP contribution in [0.5, 0.6) is 5.75 Å². The van der Waals surface area contributed by atoms with Crippen molar-refractivity contribution in [2.75, 3.05) is 12.4 Å². The van der Waals surface area contributed by atoms with E-state index in [0.717, 1.165) is 12.8 Å². The van der Waals surface area contributed by atoms with E-state index >= 15 is 0 Å². The summed E-state index contributed by atoms with van der Waals surface area (Å²) in [4.78, 5) is 24.7. The number of ether oxygens (including phenoxy) is 1. The Morgan fingerprint density at radius 1 is 1.29 bits per heavy atom. The molecule has 0 atom stereocenters. The summed E-state index contributed by atoms with van der Waals surface area (Å²) >= 11 is 0. The molecule has 7 heteroatoms. The monoisotopic (exact) mass is 329 g/mol. The van der Waals surface area contributed by atoms with Gasteiger partial charge in [0.05, 0.1) is 30.5 Å². The number of nitrogens with one attached hydrogen (secondary N) is 2. The van der Waals surface area contributed by atoms with Crippen LogP contribution in [0.3, 0.4) is 0 Å². The van der Waals surface area contributed by atoms with Gasteiger partial charge in [0.15, 0.2) is 0 Å². The van der Waals surface area contributed by atoms with Crippen LogP contribution in [0.15, 0.2) is 34.9 Å². The minimum Gasteiger partial charge on any atom is -0.497 e. The molecule has 0 unspecified atom stereocenters. The fourth-order valence-corrected chi connectivity index (χ4v) is 2.24. The summed E-state index contributed by atoms with van der Waals surface area (Å²) in [7, 11) is 1.52. The highest BCUT2D eigenvalue weighted by Gasteiger charge is 2.25. The van der Waals surface area contributed by atoms with Crippen molar-refractivity contribution < 1.29 is 18.7 Å². The van der Waals surface area contributed by atoms with Crippen LogP contribution >= 0.6 is 0 Å². The topological polar surface area (TPSA) is 107 Å². The van der Waals surface area contributed by atoms with Crippen LogP contribution in [0.1, 0.15) is 39.3 Å². The number of furan rings is 1. The summed E-state index contributed by atoms with van der Waals surface area (Å²) in [5.74, 6) is 0.454. The Kier molecular flexibility index (Phi) is 4.52. The van der Waals surface area contributed by atoms with E-state index in [-0.39, 0.29) is 24.4 Å². The Morgan fingerprint density at radius 3 is 2.71 bits per heavy atom. The zero-order valence-electron chi connectivity index (χ0n) is 13.3. The van der Waals surface area contributed by atoms with Crippen LogP contribution in [0.4, 0.5) is 5.69 Å². The number of hydrogen-bond donors (Lipinski definition) is 3. The molecule has 0 saturated heterocycles. The van der Waals surface area contributed by atoms with Gasteiger partial charge in [-0.05, 0) is 37.1 Å². The first-order chi connectivity index (χ1) is 11.6. The van der Waals surface area contributed by atoms with Gasteiger partial charge in [0.1, 0.15) is 17.8 Å². The highest BCUT2D eigenvalue weighted by Crippen LogP contribution is 2.25. The Bertz CT molecular complexity index is 765. The lowest BCUT2D eigenvalue weighted by atomic mass is 10.1. The summed E-state index contributed by atoms with van der Waals surface area (Å²) in [5, 5.41) is 5.64. The second kappa shape index (κ2) is 6.76. The maximum Gasteiger partial charge on any atom is 0.258 e. The number of hydrogen-bond acceptors (Lipinski definition) is 5. The van der Waals surface area contributed by atoms with E-state index in [4.69, 9.17) is 14.9 Å². The van der Waals surface area contributed by atoms with Crippen LogP contribution < -0.4 is 21.1 Å². The Hall–Kier alpha value is -2.80. The largest absolute Gasteiger partial charge is 0.497 e. The normalized spacial score (nSPS) is 13.4. The van der Waals surface area contributed by atoms with Gasteiger partial charge in [-0.15, -0.1) is 0 Å². The van der Waals surface area contributed by atoms with Crippen molar-refractivity contribution in [2.45, 2.75) is 25.4 Å². The van der Waals surface area contributed by atoms with E-state index in [0.29, 0.717) is 28.3 Å². The quantitative estimate of drug-likeness (QED) is 0.750. The van der Waals surface area contributed by atoms with Crippen LogP contribution in [0, 0.1) is 0 Å². The Balaban J connectivity index is 1.82. The lowest BCUT2D eigenvalue weighted by Crippen LogP contribution is -2.27. The van der Waals surface area contributed by atoms with E-state index in [1.807, 2.05) is 0 Å². The van der Waals surface area contributed by atoms with Crippen LogP contribution in [0.25, 0.3) is 0 Å². The third kappa shape index (κ3) is 3.57. The molecule has 0 radical (unpaired) electrons. The summed E-state index contributed by atoms with van der Waals surface area (Å²) < 4.78 is 10.3. The van der Waals surface area contributed by atoms with E-state index < -0.39 is 0 Å². The van der Waals surface area contributed by atoms with Gasteiger partial charge in [0, 0.05) is 6.04 Å². The second-order valence-corrected chi connectivity index (χ2v) is 5.62. The summed E-state index contributed by atoms with van der Waals surface area (Å²) in [6.45, 7) is 0.213. The van der Waals surface area contributed by atoms with Crippen LogP contribution in [-0.4, -0.2) is 25.0 Å². The third-order valence-electron chi connectivity index (χ3n) is 3.75. The van der Waals surface area contributed by atoms with Gasteiger partial charge in [-0.1, -0.05) is 0 Å². The Morgan fingerprint density at radius 2 is 2.08 bits per heavy atom. The molecular formula is C17H19N3O4. The van der Waals surface area contributed by atoms with Crippen molar-refractivity contribution in [3.8, 4) is 5.75 Å². The third-order valence-corrected chi connectivity index (χ3v) is 3.75. The van der Waals surface area contributed by atoms with Gasteiger partial charge in [0.2, 0.25) is 0 Å². The molecule has 1 aromatic carbocycles. The number of nitrogens with two attached hydrogens (primary N) is 1. The first-order valence-corrected chi connectivity index (χ1v) is 7.68. The van der Waals surface area contributed by atoms with Crippen molar-refractivity contribution in [3.05, 3.63) is 47.4 Å². The molecule has 0 spiro atoms. The molecule has 1 heterocycles. The minimum absolute atomic E-state index is 0.213. The van der Waals surface area contributed by atoms with Gasteiger partial charge in [0.25, 0.3) is 11.8 Å². The molecule has 4 N–H and O–H groups in total. The highest BCUT2D eigenvalue weighted by atomic mass is 16.5. The number of amides is 2. The average Bonchev–Trinajstić information content (AvgIpc) is 3.27. The Labute approximate surface area is 139 Å². The lowest BCUT2D eigenvalue weighted by molar-refractivity contribution is 0.0951. The molecule has 0 aliphatic heterocycles. The molecule has 24 heavy (non-hydrogen) atoms. The van der Waals surface area contributed by atoms with Crippen molar-refractivity contribution >= 4 is 17.5 Å². The number of carbonyl (C=O) groups is 2. The number of benzene rings is 1. The number of carbonyl (C=O) groups excluding carboxylic acids is 2. The van der Waals surface area contributed by atoms with Gasteiger partial charge in [-0.25, -0.2) is 0 Å². The molecule has 1 aliphatic carbocycles. The molecular weight excluding hydrogens is 310 g/mol. The molecule has 0 bridgehead atoms. The molecule has 126 valence electrons. The SMILES string of the molecule is COc1ccc(NC(=O)c2coc(CN)c2)c(C(=O)NC2CC2)c1. The summed E-state index contributed by atoms with van der Waals surface area (Å²) in [6.07, 6.45) is 3.30. The molecule has 1 aromatic heterocycles. The van der Waals surface area contributed by atoms with Crippen LogP contribution in [-0.2, 0) is 6.54 Å². The molecule has 2 amide bonds. The minimum atomic E-state index is -0.371. The highest BCUT2D eigenvalue weighted by molar-refractivity contribution is 6.09. The summed E-state index contributed by atoms with van der Waals surface area (Å²) in [5.41, 5.74) is 6.59. The van der Waals surface area contributed by atoms with Gasteiger partial charge >= 0.3 is 0 Å². The standard InChI is InChI=1S/C17H19N3O4/c1-23-12-4-5-15(14(7-12)17(22)19-11-2-3-11)20-16(21)10-6-13(8-18)24-9-10/h4-7,9,11H,2-3,8,18H2,1H3,(H,19,22)(H,20,21). The summed E-state index contributed by atoms with van der Waals surface area (Å²) in [6, 6.07) is 6.72. The van der Waals surface area contributed by atoms with Crippen molar-refractivity contribution in [2.24, 2.45) is 5.73 Å².